The van der Waals surface area contributed by atoms with Crippen molar-refractivity contribution in [2.24, 2.45) is 5.92 Å². The molecule has 0 aliphatic rings. The molecule has 0 N–H and O–H groups in total. The van der Waals surface area contributed by atoms with E-state index in [9.17, 15) is 0 Å². The van der Waals surface area contributed by atoms with Crippen molar-refractivity contribution in [3.05, 3.63) is 9.94 Å². The summed E-state index contributed by atoms with van der Waals surface area (Å²) in [5, 5.41) is 1.63. The Hall–Kier alpha value is 0.380. The molecule has 0 nitrogen and oxygen atoms in total. The largest absolute Gasteiger partial charge is 0.127 e. The van der Waals surface area contributed by atoms with Gasteiger partial charge < -0.3 is 0 Å². The van der Waals surface area contributed by atoms with Crippen molar-refractivity contribution in [1.29, 1.82) is 0 Å². The average Bonchev–Trinajstić information content (AvgIpc) is 2.21. The summed E-state index contributed by atoms with van der Waals surface area (Å²) in [7, 11) is 0. The zero-order chi connectivity index (χ0) is 12.6. The number of hydrogen-bond donors (Lipinski definition) is 0. The SMILES string of the molecule is CCCCC(CC)C/C(SC(C)C)=C(/C)Cl. The van der Waals surface area contributed by atoms with Gasteiger partial charge in [-0.05, 0) is 24.2 Å². The summed E-state index contributed by atoms with van der Waals surface area (Å²) in [5.41, 5.74) is 0. The van der Waals surface area contributed by atoms with Crippen molar-refractivity contribution in [3.8, 4) is 0 Å². The van der Waals surface area contributed by atoms with E-state index in [2.05, 4.69) is 27.7 Å². The first-order chi connectivity index (χ1) is 7.51. The second-order valence-corrected chi connectivity index (χ2v) is 6.98. The third-order valence-electron chi connectivity index (χ3n) is 2.78. The molecule has 0 fully saturated rings. The summed E-state index contributed by atoms with van der Waals surface area (Å²) in [6.45, 7) is 11.1. The van der Waals surface area contributed by atoms with E-state index in [0.29, 0.717) is 5.25 Å². The molecule has 2 heteroatoms. The van der Waals surface area contributed by atoms with Gasteiger partial charge in [0, 0.05) is 10.3 Å². The predicted molar refractivity (Wildman–Crippen MR) is 79.2 cm³/mol. The zero-order valence-electron chi connectivity index (χ0n) is 11.5. The van der Waals surface area contributed by atoms with Crippen molar-refractivity contribution in [2.45, 2.75) is 72.0 Å². The van der Waals surface area contributed by atoms with Gasteiger partial charge in [-0.1, -0.05) is 65.0 Å². The van der Waals surface area contributed by atoms with Gasteiger partial charge in [0.25, 0.3) is 0 Å². The summed E-state index contributed by atoms with van der Waals surface area (Å²) < 4.78 is 0. The van der Waals surface area contributed by atoms with Gasteiger partial charge in [-0.2, -0.15) is 0 Å². The monoisotopic (exact) mass is 262 g/mol. The molecule has 16 heavy (non-hydrogen) atoms. The highest BCUT2D eigenvalue weighted by Gasteiger charge is 2.12. The fourth-order valence-corrected chi connectivity index (χ4v) is 3.03. The molecular formula is C14H27ClS. The van der Waals surface area contributed by atoms with Crippen LogP contribution in [-0.4, -0.2) is 5.25 Å². The Balaban J connectivity index is 4.31. The fourth-order valence-electron chi connectivity index (χ4n) is 1.76. The molecular weight excluding hydrogens is 236 g/mol. The first kappa shape index (κ1) is 16.4. The Morgan fingerprint density at radius 2 is 1.88 bits per heavy atom. The van der Waals surface area contributed by atoms with Crippen LogP contribution in [0.2, 0.25) is 0 Å². The molecule has 0 aliphatic carbocycles. The van der Waals surface area contributed by atoms with E-state index in [-0.39, 0.29) is 0 Å². The topological polar surface area (TPSA) is 0 Å². The lowest BCUT2D eigenvalue weighted by Gasteiger charge is -2.18. The Kier molecular flexibility index (Phi) is 9.64. The van der Waals surface area contributed by atoms with Gasteiger partial charge in [-0.25, -0.2) is 0 Å². The third kappa shape index (κ3) is 7.62. The van der Waals surface area contributed by atoms with E-state index in [4.69, 9.17) is 11.6 Å². The van der Waals surface area contributed by atoms with Crippen molar-refractivity contribution >= 4 is 23.4 Å². The van der Waals surface area contributed by atoms with Crippen LogP contribution in [0.5, 0.6) is 0 Å². The molecule has 0 heterocycles. The van der Waals surface area contributed by atoms with Crippen LogP contribution in [0, 0.1) is 5.92 Å². The molecule has 0 aromatic carbocycles. The van der Waals surface area contributed by atoms with Crippen molar-refractivity contribution in [1.82, 2.24) is 0 Å². The van der Waals surface area contributed by atoms with E-state index in [1.807, 2.05) is 18.7 Å². The van der Waals surface area contributed by atoms with Gasteiger partial charge >= 0.3 is 0 Å². The first-order valence-electron chi connectivity index (χ1n) is 6.53. The highest BCUT2D eigenvalue weighted by molar-refractivity contribution is 8.03. The minimum Gasteiger partial charge on any atom is -0.127 e. The number of allylic oxidation sites excluding steroid dienone is 2. The summed E-state index contributed by atoms with van der Waals surface area (Å²) in [6.07, 6.45) is 6.44. The molecule has 0 rings (SSSR count). The van der Waals surface area contributed by atoms with E-state index in [1.165, 1.54) is 37.0 Å². The fraction of sp³-hybridized carbons (Fsp3) is 0.857. The van der Waals surface area contributed by atoms with Gasteiger partial charge in [-0.15, -0.1) is 11.8 Å². The summed E-state index contributed by atoms with van der Waals surface area (Å²) in [5.74, 6) is 0.815. The van der Waals surface area contributed by atoms with Crippen LogP contribution in [0.25, 0.3) is 0 Å². The minimum absolute atomic E-state index is 0.632. The summed E-state index contributed by atoms with van der Waals surface area (Å²) in [6, 6.07) is 0. The molecule has 96 valence electrons. The second kappa shape index (κ2) is 9.41. The number of halogens is 1. The summed E-state index contributed by atoms with van der Waals surface area (Å²) in [4.78, 5) is 1.40. The number of unbranched alkanes of at least 4 members (excludes halogenated alkanes) is 1. The van der Waals surface area contributed by atoms with Crippen LogP contribution in [0.1, 0.15) is 66.7 Å². The van der Waals surface area contributed by atoms with Gasteiger partial charge in [0.05, 0.1) is 0 Å². The zero-order valence-corrected chi connectivity index (χ0v) is 13.0. The Bertz CT molecular complexity index is 205. The molecule has 0 aromatic rings. The maximum absolute atomic E-state index is 6.18. The van der Waals surface area contributed by atoms with E-state index in [0.717, 1.165) is 11.0 Å². The standard InChI is InChI=1S/C14H27ClS/c1-6-8-9-13(7-2)10-14(12(5)15)16-11(3)4/h11,13H,6-10H2,1-5H3/b14-12+. The number of rotatable bonds is 8. The molecule has 1 unspecified atom stereocenters. The van der Waals surface area contributed by atoms with Crippen LogP contribution >= 0.6 is 23.4 Å². The molecule has 0 aromatic heterocycles. The Labute approximate surface area is 111 Å². The van der Waals surface area contributed by atoms with E-state index >= 15 is 0 Å². The summed E-state index contributed by atoms with van der Waals surface area (Å²) >= 11 is 8.11. The van der Waals surface area contributed by atoms with E-state index in [1.54, 1.807) is 0 Å². The molecule has 1 atom stereocenters. The van der Waals surface area contributed by atoms with Crippen molar-refractivity contribution < 1.29 is 0 Å². The van der Waals surface area contributed by atoms with Crippen molar-refractivity contribution in [3.63, 3.8) is 0 Å². The molecule has 0 saturated heterocycles. The molecule has 0 aliphatic heterocycles. The lowest BCUT2D eigenvalue weighted by molar-refractivity contribution is 0.453. The van der Waals surface area contributed by atoms with Gasteiger partial charge in [0.1, 0.15) is 0 Å². The highest BCUT2D eigenvalue weighted by Crippen LogP contribution is 2.34. The average molecular weight is 263 g/mol. The second-order valence-electron chi connectivity index (χ2n) is 4.74. The number of hydrogen-bond acceptors (Lipinski definition) is 1. The molecule has 0 amide bonds. The van der Waals surface area contributed by atoms with Crippen LogP contribution < -0.4 is 0 Å². The Morgan fingerprint density at radius 3 is 2.25 bits per heavy atom. The third-order valence-corrected chi connectivity index (χ3v) is 4.35. The molecule has 0 radical (unpaired) electrons. The normalized spacial score (nSPS) is 15.2. The van der Waals surface area contributed by atoms with Crippen LogP contribution in [0.15, 0.2) is 9.94 Å². The van der Waals surface area contributed by atoms with Crippen LogP contribution in [0.3, 0.4) is 0 Å². The van der Waals surface area contributed by atoms with E-state index < -0.39 is 0 Å². The van der Waals surface area contributed by atoms with Crippen molar-refractivity contribution in [2.75, 3.05) is 0 Å². The quantitative estimate of drug-likeness (QED) is 0.501. The van der Waals surface area contributed by atoms with Gasteiger partial charge in [0.2, 0.25) is 0 Å². The Morgan fingerprint density at radius 1 is 1.25 bits per heavy atom. The highest BCUT2D eigenvalue weighted by atomic mass is 35.5. The number of thioether (sulfide) groups is 1. The first-order valence-corrected chi connectivity index (χ1v) is 7.78. The van der Waals surface area contributed by atoms with Crippen LogP contribution in [-0.2, 0) is 0 Å². The van der Waals surface area contributed by atoms with Gasteiger partial charge in [0.15, 0.2) is 0 Å². The van der Waals surface area contributed by atoms with Gasteiger partial charge in [-0.3, -0.25) is 0 Å². The molecule has 0 saturated carbocycles. The minimum atomic E-state index is 0.632. The lowest BCUT2D eigenvalue weighted by Crippen LogP contribution is -2.02. The van der Waals surface area contributed by atoms with Crippen LogP contribution in [0.4, 0.5) is 0 Å². The maximum atomic E-state index is 6.18. The lowest BCUT2D eigenvalue weighted by atomic mass is 9.95. The molecule has 0 spiro atoms. The maximum Gasteiger partial charge on any atom is 0.0245 e. The predicted octanol–water partition coefficient (Wildman–Crippen LogP) is 6.20. The molecule has 0 bridgehead atoms. The smallest absolute Gasteiger partial charge is 0.0245 e.